The molecule has 0 radical (unpaired) electrons. The SMILES string of the molecule is Cc1cc(C)cc(NC(=NC[C@H]2CCCO2)NC(=O)c2ccccc2)c1. The number of amides is 1. The van der Waals surface area contributed by atoms with Crippen molar-refractivity contribution < 1.29 is 9.53 Å². The second-order valence-corrected chi connectivity index (χ2v) is 6.65. The van der Waals surface area contributed by atoms with Gasteiger partial charge in [-0.1, -0.05) is 24.3 Å². The molecule has 0 spiro atoms. The maximum atomic E-state index is 12.5. The van der Waals surface area contributed by atoms with Gasteiger partial charge in [0.1, 0.15) is 0 Å². The molecule has 3 rings (SSSR count). The number of carbonyl (C=O) groups excluding carboxylic acids is 1. The highest BCUT2D eigenvalue weighted by molar-refractivity contribution is 6.10. The number of nitrogens with one attached hydrogen (secondary N) is 2. The largest absolute Gasteiger partial charge is 0.376 e. The molecule has 0 aliphatic carbocycles. The number of nitrogens with zero attached hydrogens (tertiary/aromatic N) is 1. The zero-order valence-electron chi connectivity index (χ0n) is 15.3. The maximum absolute atomic E-state index is 12.5. The van der Waals surface area contributed by atoms with Crippen LogP contribution in [-0.2, 0) is 4.74 Å². The van der Waals surface area contributed by atoms with Crippen molar-refractivity contribution in [2.45, 2.75) is 32.8 Å². The summed E-state index contributed by atoms with van der Waals surface area (Å²) >= 11 is 0. The van der Waals surface area contributed by atoms with Gasteiger partial charge >= 0.3 is 0 Å². The summed E-state index contributed by atoms with van der Waals surface area (Å²) in [5.74, 6) is 0.257. The normalized spacial score (nSPS) is 17.2. The van der Waals surface area contributed by atoms with Crippen molar-refractivity contribution in [2.24, 2.45) is 4.99 Å². The Balaban J connectivity index is 1.76. The van der Waals surface area contributed by atoms with Gasteiger partial charge in [0.2, 0.25) is 5.96 Å². The molecule has 1 aliphatic heterocycles. The fourth-order valence-electron chi connectivity index (χ4n) is 3.04. The molecule has 0 bridgehead atoms. The molecule has 5 heteroatoms. The summed E-state index contributed by atoms with van der Waals surface area (Å²) in [7, 11) is 0. The Bertz CT molecular complexity index is 761. The molecular formula is C21H25N3O2. The molecule has 0 unspecified atom stereocenters. The number of ether oxygens (including phenoxy) is 1. The third kappa shape index (κ3) is 5.17. The van der Waals surface area contributed by atoms with Gasteiger partial charge in [-0.3, -0.25) is 10.1 Å². The average molecular weight is 351 g/mol. The molecule has 2 aromatic rings. The predicted molar refractivity (Wildman–Crippen MR) is 105 cm³/mol. The van der Waals surface area contributed by atoms with E-state index in [0.29, 0.717) is 18.1 Å². The van der Waals surface area contributed by atoms with E-state index in [-0.39, 0.29) is 12.0 Å². The van der Waals surface area contributed by atoms with Crippen LogP contribution in [0.4, 0.5) is 5.69 Å². The summed E-state index contributed by atoms with van der Waals surface area (Å²) in [5.41, 5.74) is 3.81. The van der Waals surface area contributed by atoms with Gasteiger partial charge < -0.3 is 10.1 Å². The Hall–Kier alpha value is -2.66. The lowest BCUT2D eigenvalue weighted by molar-refractivity contribution is 0.0975. The second kappa shape index (κ2) is 8.63. The molecule has 1 heterocycles. The van der Waals surface area contributed by atoms with Crippen LogP contribution in [0.3, 0.4) is 0 Å². The van der Waals surface area contributed by atoms with Crippen LogP contribution in [0.2, 0.25) is 0 Å². The standard InChI is InChI=1S/C21H25N3O2/c1-15-11-16(2)13-18(12-15)23-21(22-14-19-9-6-10-26-19)24-20(25)17-7-4-3-5-8-17/h3-5,7-8,11-13,19H,6,9-10,14H2,1-2H3,(H2,22,23,24,25)/t19-/m1/s1. The van der Waals surface area contributed by atoms with E-state index in [1.165, 1.54) is 0 Å². The summed E-state index contributed by atoms with van der Waals surface area (Å²) in [6.07, 6.45) is 2.20. The van der Waals surface area contributed by atoms with Crippen LogP contribution in [-0.4, -0.2) is 31.1 Å². The predicted octanol–water partition coefficient (Wildman–Crippen LogP) is 3.68. The Morgan fingerprint density at radius 1 is 1.15 bits per heavy atom. The number of benzene rings is 2. The first kappa shape index (κ1) is 18.1. The molecule has 1 fully saturated rings. The smallest absolute Gasteiger partial charge is 0.257 e. The van der Waals surface area contributed by atoms with Gasteiger partial charge in [-0.25, -0.2) is 4.99 Å². The van der Waals surface area contributed by atoms with Crippen molar-refractivity contribution in [3.8, 4) is 0 Å². The highest BCUT2D eigenvalue weighted by atomic mass is 16.5. The van der Waals surface area contributed by atoms with E-state index >= 15 is 0 Å². The van der Waals surface area contributed by atoms with Gasteiger partial charge in [0, 0.05) is 17.9 Å². The summed E-state index contributed by atoms with van der Waals surface area (Å²) in [6.45, 7) is 5.41. The van der Waals surface area contributed by atoms with Crippen LogP contribution in [0, 0.1) is 13.8 Å². The molecule has 2 aromatic carbocycles. The van der Waals surface area contributed by atoms with E-state index in [9.17, 15) is 4.79 Å². The Labute approximate surface area is 154 Å². The van der Waals surface area contributed by atoms with Crippen LogP contribution in [0.1, 0.15) is 34.3 Å². The van der Waals surface area contributed by atoms with Crippen LogP contribution < -0.4 is 10.6 Å². The lowest BCUT2D eigenvalue weighted by Crippen LogP contribution is -2.36. The van der Waals surface area contributed by atoms with Crippen LogP contribution in [0.5, 0.6) is 0 Å². The van der Waals surface area contributed by atoms with Gasteiger partial charge in [0.15, 0.2) is 0 Å². The van der Waals surface area contributed by atoms with E-state index in [0.717, 1.165) is 36.3 Å². The van der Waals surface area contributed by atoms with Gasteiger partial charge in [-0.15, -0.1) is 0 Å². The Morgan fingerprint density at radius 2 is 1.88 bits per heavy atom. The van der Waals surface area contributed by atoms with Crippen molar-refractivity contribution >= 4 is 17.6 Å². The molecule has 0 saturated carbocycles. The van der Waals surface area contributed by atoms with Gasteiger partial charge in [-0.05, 0) is 62.1 Å². The summed E-state index contributed by atoms with van der Waals surface area (Å²) in [5, 5.41) is 6.14. The molecule has 1 amide bonds. The number of aryl methyl sites for hydroxylation is 2. The third-order valence-corrected chi connectivity index (χ3v) is 4.23. The minimum Gasteiger partial charge on any atom is -0.376 e. The number of anilines is 1. The quantitative estimate of drug-likeness (QED) is 0.652. The molecule has 1 atom stereocenters. The number of hydrogen-bond donors (Lipinski definition) is 2. The van der Waals surface area contributed by atoms with Crippen molar-refractivity contribution in [1.82, 2.24) is 5.32 Å². The Kier molecular flexibility index (Phi) is 6.02. The van der Waals surface area contributed by atoms with Crippen LogP contribution in [0.15, 0.2) is 53.5 Å². The van der Waals surface area contributed by atoms with Crippen LogP contribution in [0.25, 0.3) is 0 Å². The molecule has 136 valence electrons. The maximum Gasteiger partial charge on any atom is 0.257 e. The molecule has 5 nitrogen and oxygen atoms in total. The van der Waals surface area contributed by atoms with Crippen LogP contribution >= 0.6 is 0 Å². The number of aliphatic imine (C=N–C) groups is 1. The molecule has 1 saturated heterocycles. The van der Waals surface area contributed by atoms with E-state index in [1.54, 1.807) is 12.1 Å². The molecule has 2 N–H and O–H groups in total. The van der Waals surface area contributed by atoms with Gasteiger partial charge in [0.05, 0.1) is 12.6 Å². The second-order valence-electron chi connectivity index (χ2n) is 6.65. The van der Waals surface area contributed by atoms with E-state index in [1.807, 2.05) is 44.2 Å². The molecular weight excluding hydrogens is 326 g/mol. The number of rotatable bonds is 4. The zero-order chi connectivity index (χ0) is 18.4. The average Bonchev–Trinajstić information content (AvgIpc) is 3.13. The number of hydrogen-bond acceptors (Lipinski definition) is 3. The minimum atomic E-state index is -0.187. The van der Waals surface area contributed by atoms with E-state index in [2.05, 4.69) is 21.7 Å². The van der Waals surface area contributed by atoms with E-state index < -0.39 is 0 Å². The molecule has 1 aliphatic rings. The number of guanidine groups is 1. The lowest BCUT2D eigenvalue weighted by atomic mass is 10.1. The van der Waals surface area contributed by atoms with Gasteiger partial charge in [0.25, 0.3) is 5.91 Å². The minimum absolute atomic E-state index is 0.125. The topological polar surface area (TPSA) is 62.7 Å². The summed E-state index contributed by atoms with van der Waals surface area (Å²) in [4.78, 5) is 17.1. The fourth-order valence-corrected chi connectivity index (χ4v) is 3.04. The monoisotopic (exact) mass is 351 g/mol. The summed E-state index contributed by atoms with van der Waals surface area (Å²) in [6, 6.07) is 15.3. The Morgan fingerprint density at radius 3 is 2.54 bits per heavy atom. The van der Waals surface area contributed by atoms with Crippen molar-refractivity contribution in [3.05, 3.63) is 65.2 Å². The zero-order valence-corrected chi connectivity index (χ0v) is 15.3. The van der Waals surface area contributed by atoms with Gasteiger partial charge in [-0.2, -0.15) is 0 Å². The van der Waals surface area contributed by atoms with Crippen molar-refractivity contribution in [2.75, 3.05) is 18.5 Å². The highest BCUT2D eigenvalue weighted by Crippen LogP contribution is 2.15. The third-order valence-electron chi connectivity index (χ3n) is 4.23. The first-order chi connectivity index (χ1) is 12.6. The highest BCUT2D eigenvalue weighted by Gasteiger charge is 2.16. The fraction of sp³-hybridized carbons (Fsp3) is 0.333. The number of carbonyl (C=O) groups is 1. The van der Waals surface area contributed by atoms with Crippen molar-refractivity contribution in [1.29, 1.82) is 0 Å². The summed E-state index contributed by atoms with van der Waals surface area (Å²) < 4.78 is 5.63. The first-order valence-corrected chi connectivity index (χ1v) is 8.98. The van der Waals surface area contributed by atoms with E-state index in [4.69, 9.17) is 4.74 Å². The molecule has 26 heavy (non-hydrogen) atoms. The van der Waals surface area contributed by atoms with Crippen molar-refractivity contribution in [3.63, 3.8) is 0 Å². The lowest BCUT2D eigenvalue weighted by Gasteiger charge is -2.14. The molecule has 0 aromatic heterocycles. The first-order valence-electron chi connectivity index (χ1n) is 8.98.